The van der Waals surface area contributed by atoms with Crippen LogP contribution in [0.5, 0.6) is 5.75 Å². The number of carbonyl (C=O) groups is 1. The summed E-state index contributed by atoms with van der Waals surface area (Å²) in [7, 11) is 0. The van der Waals surface area contributed by atoms with Crippen molar-refractivity contribution in [3.63, 3.8) is 0 Å². The first-order chi connectivity index (χ1) is 9.33. The Bertz CT molecular complexity index is 596. The summed E-state index contributed by atoms with van der Waals surface area (Å²) < 4.78 is 5.60. The second-order valence-corrected chi connectivity index (χ2v) is 4.53. The molecule has 3 rings (SSSR count). The molecular weight excluding hydrogens is 240 g/mol. The number of carbonyl (C=O) groups excluding carboxylic acids is 1. The highest BCUT2D eigenvalue weighted by molar-refractivity contribution is 5.97. The second-order valence-electron chi connectivity index (χ2n) is 4.53. The van der Waals surface area contributed by atoms with Gasteiger partial charge < -0.3 is 4.74 Å². The van der Waals surface area contributed by atoms with E-state index < -0.39 is 0 Å². The molecule has 0 amide bonds. The average molecular weight is 254 g/mol. The van der Waals surface area contributed by atoms with Crippen LogP contribution in [-0.4, -0.2) is 15.8 Å². The molecule has 0 atom stereocenters. The third-order valence-electron chi connectivity index (χ3n) is 3.15. The normalized spacial score (nSPS) is 14.0. The first kappa shape index (κ1) is 11.8. The van der Waals surface area contributed by atoms with Gasteiger partial charge in [-0.2, -0.15) is 0 Å². The number of ketones is 1. The number of ether oxygens (including phenoxy) is 1. The minimum Gasteiger partial charge on any atom is -0.486 e. The Hall–Kier alpha value is -2.23. The van der Waals surface area contributed by atoms with Crippen molar-refractivity contribution >= 4 is 5.78 Å². The Labute approximate surface area is 111 Å². The van der Waals surface area contributed by atoms with Crippen LogP contribution in [0.4, 0.5) is 0 Å². The molecule has 96 valence electrons. The zero-order valence-electron chi connectivity index (χ0n) is 10.5. The number of rotatable bonds is 3. The Morgan fingerprint density at radius 2 is 2.00 bits per heavy atom. The summed E-state index contributed by atoms with van der Waals surface area (Å²) in [6, 6.07) is 9.56. The predicted molar refractivity (Wildman–Crippen MR) is 70.1 cm³/mol. The number of Topliss-reactive ketones (excluding diaryl/α,β-unsaturated/α-hetero) is 1. The summed E-state index contributed by atoms with van der Waals surface area (Å²) in [5, 5.41) is 0. The highest BCUT2D eigenvalue weighted by Gasteiger charge is 2.19. The maximum absolute atomic E-state index is 11.7. The molecular formula is C15H14N2O2. The third-order valence-corrected chi connectivity index (χ3v) is 3.15. The molecule has 2 aromatic rings. The quantitative estimate of drug-likeness (QED) is 0.844. The molecule has 1 aliphatic carbocycles. The van der Waals surface area contributed by atoms with Gasteiger partial charge in [0.15, 0.2) is 11.6 Å². The van der Waals surface area contributed by atoms with Crippen molar-refractivity contribution in [2.75, 3.05) is 0 Å². The van der Waals surface area contributed by atoms with Crippen molar-refractivity contribution in [3.8, 4) is 5.75 Å². The molecule has 0 spiro atoms. The second kappa shape index (κ2) is 5.18. The van der Waals surface area contributed by atoms with Gasteiger partial charge in [0.05, 0.1) is 11.3 Å². The molecule has 0 aliphatic heterocycles. The fourth-order valence-electron chi connectivity index (χ4n) is 2.17. The molecule has 0 unspecified atom stereocenters. The molecule has 0 N–H and O–H groups in total. The molecule has 1 aromatic carbocycles. The van der Waals surface area contributed by atoms with Gasteiger partial charge in [0.1, 0.15) is 12.4 Å². The molecule has 0 saturated carbocycles. The molecule has 1 aliphatic rings. The number of nitrogens with zero attached hydrogens (tertiary/aromatic N) is 2. The lowest BCUT2D eigenvalue weighted by Gasteiger charge is -2.14. The van der Waals surface area contributed by atoms with Gasteiger partial charge in [-0.1, -0.05) is 18.2 Å². The molecule has 0 bridgehead atoms. The van der Waals surface area contributed by atoms with E-state index in [1.165, 1.54) is 0 Å². The van der Waals surface area contributed by atoms with Gasteiger partial charge in [-0.15, -0.1) is 0 Å². The number of para-hydroxylation sites is 1. The summed E-state index contributed by atoms with van der Waals surface area (Å²) in [5.41, 5.74) is 1.53. The van der Waals surface area contributed by atoms with Crippen molar-refractivity contribution in [1.29, 1.82) is 0 Å². The highest BCUT2D eigenvalue weighted by atomic mass is 16.5. The van der Waals surface area contributed by atoms with Crippen molar-refractivity contribution < 1.29 is 9.53 Å². The number of hydrogen-bond acceptors (Lipinski definition) is 4. The number of aryl methyl sites for hydroxylation is 1. The first-order valence-corrected chi connectivity index (χ1v) is 6.39. The maximum atomic E-state index is 11.7. The van der Waals surface area contributed by atoms with Gasteiger partial charge in [0, 0.05) is 12.6 Å². The molecule has 1 heterocycles. The summed E-state index contributed by atoms with van der Waals surface area (Å²) in [5.74, 6) is 1.56. The van der Waals surface area contributed by atoms with E-state index in [9.17, 15) is 4.79 Å². The topological polar surface area (TPSA) is 52.1 Å². The van der Waals surface area contributed by atoms with Crippen LogP contribution >= 0.6 is 0 Å². The van der Waals surface area contributed by atoms with Crippen LogP contribution in [0.15, 0.2) is 36.5 Å². The summed E-state index contributed by atoms with van der Waals surface area (Å²) >= 11 is 0. The minimum atomic E-state index is 0.150. The van der Waals surface area contributed by atoms with Crippen LogP contribution in [0.25, 0.3) is 0 Å². The van der Waals surface area contributed by atoms with Crippen molar-refractivity contribution in [3.05, 3.63) is 53.6 Å². The average Bonchev–Trinajstić information content (AvgIpc) is 2.46. The summed E-state index contributed by atoms with van der Waals surface area (Å²) in [6.07, 6.45) is 3.97. The smallest absolute Gasteiger partial charge is 0.166 e. The van der Waals surface area contributed by atoms with Gasteiger partial charge in [-0.25, -0.2) is 9.97 Å². The van der Waals surface area contributed by atoms with Gasteiger partial charge in [0.25, 0.3) is 0 Å². The van der Waals surface area contributed by atoms with E-state index in [1.807, 2.05) is 30.3 Å². The monoisotopic (exact) mass is 254 g/mol. The molecule has 19 heavy (non-hydrogen) atoms. The van der Waals surface area contributed by atoms with Crippen molar-refractivity contribution in [1.82, 2.24) is 9.97 Å². The van der Waals surface area contributed by atoms with Crippen LogP contribution < -0.4 is 4.74 Å². The largest absolute Gasteiger partial charge is 0.486 e. The minimum absolute atomic E-state index is 0.150. The fourth-order valence-corrected chi connectivity index (χ4v) is 2.17. The van der Waals surface area contributed by atoms with Crippen LogP contribution in [0.3, 0.4) is 0 Å². The van der Waals surface area contributed by atoms with E-state index >= 15 is 0 Å². The zero-order valence-corrected chi connectivity index (χ0v) is 10.5. The molecule has 0 radical (unpaired) electrons. The van der Waals surface area contributed by atoms with E-state index in [0.717, 1.165) is 24.3 Å². The number of fused-ring (bicyclic) bond motifs is 1. The Balaban J connectivity index is 1.74. The lowest BCUT2D eigenvalue weighted by atomic mass is 9.96. The van der Waals surface area contributed by atoms with E-state index in [1.54, 1.807) is 6.20 Å². The fraction of sp³-hybridized carbons (Fsp3) is 0.267. The Kier molecular flexibility index (Phi) is 3.23. The number of benzene rings is 1. The van der Waals surface area contributed by atoms with E-state index in [0.29, 0.717) is 24.4 Å². The molecule has 0 fully saturated rings. The SMILES string of the molecule is O=C1CCCc2nc(COc3ccccc3)ncc21. The highest BCUT2D eigenvalue weighted by Crippen LogP contribution is 2.19. The molecule has 4 heteroatoms. The zero-order chi connectivity index (χ0) is 13.1. The molecule has 1 aromatic heterocycles. The Morgan fingerprint density at radius 3 is 2.84 bits per heavy atom. The van der Waals surface area contributed by atoms with Crippen LogP contribution in [0, 0.1) is 0 Å². The van der Waals surface area contributed by atoms with Gasteiger partial charge in [-0.05, 0) is 25.0 Å². The van der Waals surface area contributed by atoms with Gasteiger partial charge in [-0.3, -0.25) is 4.79 Å². The lowest BCUT2D eigenvalue weighted by Crippen LogP contribution is -2.15. The van der Waals surface area contributed by atoms with Crippen LogP contribution in [0.1, 0.15) is 34.7 Å². The standard InChI is InChI=1S/C15H14N2O2/c18-14-8-4-7-13-12(14)9-16-15(17-13)10-19-11-5-2-1-3-6-11/h1-3,5-6,9H,4,7-8,10H2. The Morgan fingerprint density at radius 1 is 1.16 bits per heavy atom. The molecule has 0 saturated heterocycles. The van der Waals surface area contributed by atoms with E-state index in [2.05, 4.69) is 9.97 Å². The first-order valence-electron chi connectivity index (χ1n) is 6.39. The summed E-state index contributed by atoms with van der Waals surface area (Å²) in [4.78, 5) is 20.3. The van der Waals surface area contributed by atoms with Crippen LogP contribution in [-0.2, 0) is 13.0 Å². The number of hydrogen-bond donors (Lipinski definition) is 0. The van der Waals surface area contributed by atoms with Crippen LogP contribution in [0.2, 0.25) is 0 Å². The predicted octanol–water partition coefficient (Wildman–Crippen LogP) is 2.57. The van der Waals surface area contributed by atoms with E-state index in [-0.39, 0.29) is 5.78 Å². The van der Waals surface area contributed by atoms with Crippen molar-refractivity contribution in [2.24, 2.45) is 0 Å². The summed E-state index contributed by atoms with van der Waals surface area (Å²) in [6.45, 7) is 0.325. The third kappa shape index (κ3) is 2.62. The molecule has 4 nitrogen and oxygen atoms in total. The lowest BCUT2D eigenvalue weighted by molar-refractivity contribution is 0.0970. The van der Waals surface area contributed by atoms with Crippen molar-refractivity contribution in [2.45, 2.75) is 25.9 Å². The van der Waals surface area contributed by atoms with Gasteiger partial charge >= 0.3 is 0 Å². The van der Waals surface area contributed by atoms with E-state index in [4.69, 9.17) is 4.74 Å². The maximum Gasteiger partial charge on any atom is 0.166 e. The van der Waals surface area contributed by atoms with Gasteiger partial charge in [0.2, 0.25) is 0 Å². The number of aromatic nitrogens is 2.